The summed E-state index contributed by atoms with van der Waals surface area (Å²) >= 11 is 0. The summed E-state index contributed by atoms with van der Waals surface area (Å²) in [7, 11) is 0. The summed E-state index contributed by atoms with van der Waals surface area (Å²) < 4.78 is 38.8. The minimum Gasteiger partial charge on any atom is -0.404 e. The summed E-state index contributed by atoms with van der Waals surface area (Å²) in [5.41, 5.74) is 0.585. The van der Waals surface area contributed by atoms with Gasteiger partial charge in [0.25, 0.3) is 0 Å². The Morgan fingerprint density at radius 2 is 2.07 bits per heavy atom. The number of halogens is 3. The van der Waals surface area contributed by atoms with Gasteiger partial charge in [-0.1, -0.05) is 6.08 Å². The summed E-state index contributed by atoms with van der Waals surface area (Å²) in [5.74, 6) is -0.314. The van der Waals surface area contributed by atoms with Gasteiger partial charge in [-0.25, -0.2) is 0 Å². The van der Waals surface area contributed by atoms with E-state index in [1.807, 2.05) is 0 Å². The van der Waals surface area contributed by atoms with E-state index in [1.165, 1.54) is 12.1 Å². The van der Waals surface area contributed by atoms with Crippen molar-refractivity contribution in [3.05, 3.63) is 30.1 Å². The molecule has 0 unspecified atom stereocenters. The van der Waals surface area contributed by atoms with Gasteiger partial charge in [-0.2, -0.15) is 0 Å². The molecule has 0 bridgehead atoms. The Balaban J connectivity index is 2.74. The van der Waals surface area contributed by atoms with E-state index >= 15 is 0 Å². The van der Waals surface area contributed by atoms with Crippen LogP contribution in [0, 0.1) is 0 Å². The number of nitrogens with zero attached hydrogens (tertiary/aromatic N) is 1. The molecular weight excluding hydrogens is 195 g/mol. The highest BCUT2D eigenvalue weighted by atomic mass is 19.4. The first-order valence-electron chi connectivity index (χ1n) is 3.86. The Labute approximate surface area is 79.0 Å². The maximum atomic E-state index is 11.7. The van der Waals surface area contributed by atoms with Gasteiger partial charge in [-0.15, -0.1) is 13.2 Å². The highest BCUT2D eigenvalue weighted by Crippen LogP contribution is 2.21. The number of hydrogen-bond donors (Lipinski definition) is 0. The number of rotatable bonds is 2. The van der Waals surface area contributed by atoms with Gasteiger partial charge >= 0.3 is 6.36 Å². The zero-order chi connectivity index (χ0) is 10.6. The molecule has 0 saturated carbocycles. The van der Waals surface area contributed by atoms with Gasteiger partial charge in [0.05, 0.1) is 11.9 Å². The quantitative estimate of drug-likeness (QED) is 0.737. The van der Waals surface area contributed by atoms with Gasteiger partial charge in [0.2, 0.25) is 0 Å². The number of alkyl halides is 3. The van der Waals surface area contributed by atoms with Crippen LogP contribution in [0.5, 0.6) is 5.75 Å². The fourth-order valence-corrected chi connectivity index (χ4v) is 0.855. The predicted octanol–water partition coefficient (Wildman–Crippen LogP) is 3.01. The number of pyridine rings is 1. The average molecular weight is 203 g/mol. The molecule has 0 N–H and O–H groups in total. The molecule has 0 aliphatic rings. The van der Waals surface area contributed by atoms with E-state index in [0.717, 1.165) is 6.20 Å². The third-order valence-electron chi connectivity index (χ3n) is 1.33. The van der Waals surface area contributed by atoms with Gasteiger partial charge in [-0.3, -0.25) is 4.98 Å². The fourth-order valence-electron chi connectivity index (χ4n) is 0.855. The first-order valence-corrected chi connectivity index (χ1v) is 3.86. The van der Waals surface area contributed by atoms with E-state index in [4.69, 9.17) is 0 Å². The zero-order valence-corrected chi connectivity index (χ0v) is 7.38. The molecular formula is C9H8F3NO. The molecule has 2 nitrogen and oxygen atoms in total. The van der Waals surface area contributed by atoms with E-state index in [2.05, 4.69) is 9.72 Å². The second-order valence-electron chi connectivity index (χ2n) is 2.47. The second-order valence-corrected chi connectivity index (χ2v) is 2.47. The monoisotopic (exact) mass is 203 g/mol. The first-order chi connectivity index (χ1) is 6.51. The maximum Gasteiger partial charge on any atom is 0.573 e. The summed E-state index contributed by atoms with van der Waals surface area (Å²) in [5, 5.41) is 0. The molecule has 0 saturated heterocycles. The van der Waals surface area contributed by atoms with Gasteiger partial charge in [0.1, 0.15) is 5.75 Å². The predicted molar refractivity (Wildman–Crippen MR) is 45.6 cm³/mol. The van der Waals surface area contributed by atoms with Crippen LogP contribution in [0.15, 0.2) is 24.4 Å². The Morgan fingerprint density at radius 1 is 1.36 bits per heavy atom. The highest BCUT2D eigenvalue weighted by Gasteiger charge is 2.31. The van der Waals surface area contributed by atoms with E-state index in [1.54, 1.807) is 19.1 Å². The Hall–Kier alpha value is -1.52. The van der Waals surface area contributed by atoms with Crippen LogP contribution in [-0.4, -0.2) is 11.3 Å². The SMILES string of the molecule is C/C=C/c1ccc(OC(F)(F)F)cn1. The molecule has 1 aromatic rings. The summed E-state index contributed by atoms with van der Waals surface area (Å²) in [6, 6.07) is 2.66. The molecule has 76 valence electrons. The van der Waals surface area contributed by atoms with Crippen molar-refractivity contribution < 1.29 is 17.9 Å². The average Bonchev–Trinajstić information content (AvgIpc) is 2.06. The maximum absolute atomic E-state index is 11.7. The van der Waals surface area contributed by atoms with E-state index in [-0.39, 0.29) is 5.75 Å². The van der Waals surface area contributed by atoms with Crippen molar-refractivity contribution >= 4 is 6.08 Å². The van der Waals surface area contributed by atoms with E-state index in [0.29, 0.717) is 5.69 Å². The summed E-state index contributed by atoms with van der Waals surface area (Å²) in [6.07, 6.45) is -0.212. The Kier molecular flexibility index (Phi) is 3.11. The zero-order valence-electron chi connectivity index (χ0n) is 7.38. The van der Waals surface area contributed by atoms with Crippen LogP contribution >= 0.6 is 0 Å². The fraction of sp³-hybridized carbons (Fsp3) is 0.222. The molecule has 0 fully saturated rings. The van der Waals surface area contributed by atoms with Crippen molar-refractivity contribution in [2.24, 2.45) is 0 Å². The van der Waals surface area contributed by atoms with Gasteiger partial charge in [0.15, 0.2) is 0 Å². The highest BCUT2D eigenvalue weighted by molar-refractivity contribution is 5.44. The molecule has 1 rings (SSSR count). The molecule has 0 aliphatic carbocycles. The van der Waals surface area contributed by atoms with E-state index < -0.39 is 6.36 Å². The van der Waals surface area contributed by atoms with Gasteiger partial charge in [-0.05, 0) is 25.1 Å². The van der Waals surface area contributed by atoms with Crippen LogP contribution in [0.25, 0.3) is 6.08 Å². The number of allylic oxidation sites excluding steroid dienone is 1. The minimum absolute atomic E-state index is 0.314. The second kappa shape index (κ2) is 4.13. The van der Waals surface area contributed by atoms with Crippen LogP contribution < -0.4 is 4.74 Å². The van der Waals surface area contributed by atoms with Crippen LogP contribution in [-0.2, 0) is 0 Å². The van der Waals surface area contributed by atoms with Crippen molar-refractivity contribution in [2.45, 2.75) is 13.3 Å². The molecule has 0 aliphatic heterocycles. The summed E-state index contributed by atoms with van der Waals surface area (Å²) in [6.45, 7) is 1.79. The lowest BCUT2D eigenvalue weighted by Gasteiger charge is -2.07. The van der Waals surface area contributed by atoms with Crippen LogP contribution in [0.1, 0.15) is 12.6 Å². The molecule has 0 aromatic carbocycles. The Morgan fingerprint density at radius 3 is 2.50 bits per heavy atom. The van der Waals surface area contributed by atoms with Crippen molar-refractivity contribution in [3.8, 4) is 5.75 Å². The number of aromatic nitrogens is 1. The molecule has 14 heavy (non-hydrogen) atoms. The molecule has 1 aromatic heterocycles. The lowest BCUT2D eigenvalue weighted by atomic mass is 10.3. The van der Waals surface area contributed by atoms with Gasteiger partial charge < -0.3 is 4.74 Å². The van der Waals surface area contributed by atoms with Crippen LogP contribution in [0.4, 0.5) is 13.2 Å². The van der Waals surface area contributed by atoms with Crippen molar-refractivity contribution in [1.29, 1.82) is 0 Å². The number of ether oxygens (including phenoxy) is 1. The lowest BCUT2D eigenvalue weighted by molar-refractivity contribution is -0.274. The van der Waals surface area contributed by atoms with E-state index in [9.17, 15) is 13.2 Å². The normalized spacial score (nSPS) is 12.0. The molecule has 0 radical (unpaired) electrons. The minimum atomic E-state index is -4.66. The molecule has 5 heteroatoms. The molecule has 0 spiro atoms. The third kappa shape index (κ3) is 3.47. The largest absolute Gasteiger partial charge is 0.573 e. The van der Waals surface area contributed by atoms with Crippen LogP contribution in [0.3, 0.4) is 0 Å². The molecule has 0 amide bonds. The van der Waals surface area contributed by atoms with Gasteiger partial charge in [0, 0.05) is 0 Å². The van der Waals surface area contributed by atoms with Crippen LogP contribution in [0.2, 0.25) is 0 Å². The standard InChI is InChI=1S/C9H8F3NO/c1-2-3-7-4-5-8(6-13-7)14-9(10,11)12/h2-6H,1H3/b3-2+. The molecule has 0 atom stereocenters. The van der Waals surface area contributed by atoms with Crippen molar-refractivity contribution in [1.82, 2.24) is 4.98 Å². The third-order valence-corrected chi connectivity index (χ3v) is 1.33. The summed E-state index contributed by atoms with van der Waals surface area (Å²) in [4.78, 5) is 3.74. The lowest BCUT2D eigenvalue weighted by Crippen LogP contribution is -2.17. The number of hydrogen-bond acceptors (Lipinski definition) is 2. The Bertz CT molecular complexity index is 316. The van der Waals surface area contributed by atoms with Crippen molar-refractivity contribution in [2.75, 3.05) is 0 Å². The smallest absolute Gasteiger partial charge is 0.404 e. The van der Waals surface area contributed by atoms with Crippen molar-refractivity contribution in [3.63, 3.8) is 0 Å². The topological polar surface area (TPSA) is 22.1 Å². The molecule has 1 heterocycles. The first kappa shape index (κ1) is 10.6.